The maximum atomic E-state index is 13.6. The van der Waals surface area contributed by atoms with Gasteiger partial charge >= 0.3 is 6.18 Å². The van der Waals surface area contributed by atoms with E-state index in [0.29, 0.717) is 4.68 Å². The molecule has 0 amide bonds. The van der Waals surface area contributed by atoms with Crippen LogP contribution in [-0.2, 0) is 12.6 Å². The normalized spacial score (nSPS) is 33.7. The summed E-state index contributed by atoms with van der Waals surface area (Å²) in [4.78, 5) is 0. The smallest absolute Gasteiger partial charge is 0.382 e. The monoisotopic (exact) mass is 346 g/mol. The van der Waals surface area contributed by atoms with Gasteiger partial charge in [0.05, 0.1) is 18.2 Å². The largest absolute Gasteiger partial charge is 0.435 e. The fourth-order valence-electron chi connectivity index (χ4n) is 3.27. The van der Waals surface area contributed by atoms with Gasteiger partial charge in [0.15, 0.2) is 5.69 Å². The molecule has 10 heteroatoms. The molecule has 1 aromatic rings. The second-order valence-electron chi connectivity index (χ2n) is 5.99. The predicted octanol–water partition coefficient (Wildman–Crippen LogP) is 3.53. The van der Waals surface area contributed by atoms with Gasteiger partial charge in [-0.1, -0.05) is 0 Å². The lowest BCUT2D eigenvalue weighted by atomic mass is 9.92. The number of hydrogen-bond donors (Lipinski definition) is 1. The molecule has 0 bridgehead atoms. The number of halogens is 7. The summed E-state index contributed by atoms with van der Waals surface area (Å²) in [6.07, 6.45) is -13.0. The second-order valence-corrected chi connectivity index (χ2v) is 5.99. The van der Waals surface area contributed by atoms with Crippen molar-refractivity contribution in [1.82, 2.24) is 9.78 Å². The maximum Gasteiger partial charge on any atom is 0.435 e. The number of rotatable bonds is 1. The van der Waals surface area contributed by atoms with E-state index in [0.717, 1.165) is 0 Å². The van der Waals surface area contributed by atoms with Crippen molar-refractivity contribution < 1.29 is 35.8 Å². The Morgan fingerprint density at radius 2 is 1.78 bits per heavy atom. The summed E-state index contributed by atoms with van der Waals surface area (Å²) >= 11 is 0. The van der Waals surface area contributed by atoms with E-state index in [4.69, 9.17) is 0 Å². The minimum Gasteiger partial charge on any atom is -0.382 e. The van der Waals surface area contributed by atoms with Crippen LogP contribution in [-0.4, -0.2) is 33.2 Å². The lowest BCUT2D eigenvalue weighted by molar-refractivity contribution is -0.146. The highest BCUT2D eigenvalue weighted by Crippen LogP contribution is 2.49. The minimum absolute atomic E-state index is 0.00529. The Kier molecular flexibility index (Phi) is 3.66. The first kappa shape index (κ1) is 16.5. The van der Waals surface area contributed by atoms with Crippen molar-refractivity contribution in [3.63, 3.8) is 0 Å². The van der Waals surface area contributed by atoms with Gasteiger partial charge in [0.25, 0.3) is 5.92 Å². The molecular weight excluding hydrogens is 333 g/mol. The van der Waals surface area contributed by atoms with Crippen molar-refractivity contribution in [2.24, 2.45) is 0 Å². The van der Waals surface area contributed by atoms with E-state index in [-0.39, 0.29) is 12.8 Å². The van der Waals surface area contributed by atoms with Crippen LogP contribution in [0.1, 0.15) is 48.4 Å². The van der Waals surface area contributed by atoms with Crippen LogP contribution in [0, 0.1) is 0 Å². The number of aromatic nitrogens is 2. The molecule has 23 heavy (non-hydrogen) atoms. The summed E-state index contributed by atoms with van der Waals surface area (Å²) in [7, 11) is 0. The molecule has 0 radical (unpaired) electrons. The van der Waals surface area contributed by atoms with Gasteiger partial charge in [-0.3, -0.25) is 4.68 Å². The van der Waals surface area contributed by atoms with Crippen molar-refractivity contribution >= 4 is 0 Å². The Balaban J connectivity index is 2.05. The number of alkyl halides is 7. The quantitative estimate of drug-likeness (QED) is 0.790. The Morgan fingerprint density at radius 1 is 1.13 bits per heavy atom. The summed E-state index contributed by atoms with van der Waals surface area (Å²) in [5.41, 5.74) is -3.00. The molecule has 1 saturated carbocycles. The highest BCUT2D eigenvalue weighted by molar-refractivity contribution is 5.38. The Hall–Kier alpha value is -1.32. The van der Waals surface area contributed by atoms with Crippen LogP contribution >= 0.6 is 0 Å². The molecule has 0 unspecified atom stereocenters. The molecule has 1 heterocycles. The third-order valence-electron chi connectivity index (χ3n) is 4.41. The van der Waals surface area contributed by atoms with E-state index in [1.54, 1.807) is 0 Å². The predicted molar refractivity (Wildman–Crippen MR) is 63.5 cm³/mol. The zero-order chi connectivity index (χ0) is 17.2. The van der Waals surface area contributed by atoms with Gasteiger partial charge in [-0.2, -0.15) is 18.3 Å². The first-order valence-corrected chi connectivity index (χ1v) is 7.05. The summed E-state index contributed by atoms with van der Waals surface area (Å²) in [6.45, 7) is 0. The summed E-state index contributed by atoms with van der Waals surface area (Å²) < 4.78 is 93.7. The highest BCUT2D eigenvalue weighted by atomic mass is 19.4. The van der Waals surface area contributed by atoms with Crippen molar-refractivity contribution in [2.45, 2.75) is 62.3 Å². The molecule has 2 aliphatic rings. The minimum atomic E-state index is -5.02. The number of aliphatic hydroxyl groups excluding tert-OH is 1. The summed E-state index contributed by atoms with van der Waals surface area (Å²) in [5, 5.41) is 12.8. The van der Waals surface area contributed by atoms with Crippen LogP contribution in [0.2, 0.25) is 0 Å². The molecule has 3 nitrogen and oxygen atoms in total. The Labute approximate surface area is 126 Å². The molecule has 0 spiro atoms. The molecule has 4 atom stereocenters. The zero-order valence-corrected chi connectivity index (χ0v) is 11.6. The van der Waals surface area contributed by atoms with E-state index in [2.05, 4.69) is 5.10 Å². The van der Waals surface area contributed by atoms with E-state index < -0.39 is 66.4 Å². The zero-order valence-electron chi connectivity index (χ0n) is 11.6. The van der Waals surface area contributed by atoms with E-state index in [1.165, 1.54) is 0 Å². The van der Waals surface area contributed by atoms with Crippen LogP contribution in [0.5, 0.6) is 0 Å². The van der Waals surface area contributed by atoms with E-state index >= 15 is 0 Å². The maximum absolute atomic E-state index is 13.6. The lowest BCUT2D eigenvalue weighted by Gasteiger charge is -2.28. The lowest BCUT2D eigenvalue weighted by Crippen LogP contribution is -2.31. The van der Waals surface area contributed by atoms with Crippen molar-refractivity contribution in [3.8, 4) is 0 Å². The van der Waals surface area contributed by atoms with Gasteiger partial charge in [0, 0.05) is 12.0 Å². The molecular formula is C13H13F7N2O. The Morgan fingerprint density at radius 3 is 2.35 bits per heavy atom. The molecule has 3 rings (SSSR count). The van der Waals surface area contributed by atoms with E-state index in [9.17, 15) is 35.8 Å². The SMILES string of the molecule is O[C@H]1c2c(C(F)(F)F)nn([C@H]3CC[C@H](F)[C@H](F)C3)c2CC1(F)F. The van der Waals surface area contributed by atoms with Crippen molar-refractivity contribution in [3.05, 3.63) is 17.0 Å². The number of nitrogens with zero attached hydrogens (tertiary/aromatic N) is 2. The fourth-order valence-corrected chi connectivity index (χ4v) is 3.27. The molecule has 0 saturated heterocycles. The standard InChI is InChI=1S/C13H13F7N2O/c14-6-2-1-5(3-7(6)15)22-8-4-12(16,17)11(23)9(8)10(21-22)13(18,19)20/h5-7,11,23H,1-4H2/t5-,6-,7+,11-/m0/s1. The first-order chi connectivity index (χ1) is 10.5. The van der Waals surface area contributed by atoms with Crippen molar-refractivity contribution in [2.75, 3.05) is 0 Å². The van der Waals surface area contributed by atoms with Crippen LogP contribution in [0.25, 0.3) is 0 Å². The molecule has 0 aliphatic heterocycles. The summed E-state index contributed by atoms with van der Waals surface area (Å²) in [5.74, 6) is -3.75. The molecule has 2 aliphatic carbocycles. The van der Waals surface area contributed by atoms with Crippen molar-refractivity contribution in [1.29, 1.82) is 0 Å². The average Bonchev–Trinajstić information content (AvgIpc) is 2.89. The average molecular weight is 346 g/mol. The topological polar surface area (TPSA) is 38.1 Å². The van der Waals surface area contributed by atoms with Crippen LogP contribution in [0.4, 0.5) is 30.7 Å². The summed E-state index contributed by atoms with van der Waals surface area (Å²) in [6, 6.07) is -0.942. The molecule has 0 aromatic carbocycles. The van der Waals surface area contributed by atoms with Gasteiger partial charge in [-0.05, 0) is 12.8 Å². The molecule has 130 valence electrons. The van der Waals surface area contributed by atoms with Crippen LogP contribution in [0.3, 0.4) is 0 Å². The fraction of sp³-hybridized carbons (Fsp3) is 0.769. The third kappa shape index (κ3) is 2.60. The number of aliphatic hydroxyl groups is 1. The van der Waals surface area contributed by atoms with Gasteiger partial charge in [0.1, 0.15) is 18.4 Å². The van der Waals surface area contributed by atoms with Gasteiger partial charge in [-0.15, -0.1) is 0 Å². The third-order valence-corrected chi connectivity index (χ3v) is 4.41. The number of fused-ring (bicyclic) bond motifs is 1. The van der Waals surface area contributed by atoms with E-state index in [1.807, 2.05) is 0 Å². The van der Waals surface area contributed by atoms with Crippen LogP contribution in [0.15, 0.2) is 0 Å². The van der Waals surface area contributed by atoms with Gasteiger partial charge in [-0.25, -0.2) is 17.6 Å². The molecule has 1 aromatic heterocycles. The number of hydrogen-bond acceptors (Lipinski definition) is 2. The Bertz CT molecular complexity index is 612. The first-order valence-electron chi connectivity index (χ1n) is 7.05. The molecule has 1 fully saturated rings. The van der Waals surface area contributed by atoms with Crippen LogP contribution < -0.4 is 0 Å². The van der Waals surface area contributed by atoms with Gasteiger partial charge < -0.3 is 5.11 Å². The highest BCUT2D eigenvalue weighted by Gasteiger charge is 2.55. The van der Waals surface area contributed by atoms with Gasteiger partial charge in [0.2, 0.25) is 0 Å². The second kappa shape index (κ2) is 5.09. The molecule has 1 N–H and O–H groups in total.